The smallest absolute Gasteiger partial charge is 0.0765 e. The van der Waals surface area contributed by atoms with Gasteiger partial charge >= 0.3 is 0 Å². The van der Waals surface area contributed by atoms with E-state index in [4.69, 9.17) is 11.6 Å². The molecule has 0 radical (unpaired) electrons. The zero-order valence-electron chi connectivity index (χ0n) is 4.25. The lowest BCUT2D eigenvalue weighted by Gasteiger charge is -1.81. The molecular weight excluding hydrogens is 175 g/mol. The van der Waals surface area contributed by atoms with Gasteiger partial charge in [0.15, 0.2) is 0 Å². The molecule has 0 spiro atoms. The van der Waals surface area contributed by atoms with Crippen LogP contribution in [0.4, 0.5) is 0 Å². The van der Waals surface area contributed by atoms with Crippen molar-refractivity contribution < 1.29 is 0 Å². The summed E-state index contributed by atoms with van der Waals surface area (Å²) in [6, 6.07) is 0. The van der Waals surface area contributed by atoms with Crippen LogP contribution in [0.2, 0.25) is 0 Å². The van der Waals surface area contributed by atoms with E-state index in [0.717, 1.165) is 12.8 Å². The zero-order valence-corrected chi connectivity index (χ0v) is 6.59. The van der Waals surface area contributed by atoms with Crippen molar-refractivity contribution >= 4 is 27.5 Å². The Morgan fingerprint density at radius 2 is 2.43 bits per heavy atom. The number of rotatable bonds is 2. The van der Waals surface area contributed by atoms with Crippen LogP contribution < -0.4 is 0 Å². The molecule has 0 rings (SSSR count). The van der Waals surface area contributed by atoms with Crippen molar-refractivity contribution in [3.8, 4) is 0 Å². The van der Waals surface area contributed by atoms with Crippen molar-refractivity contribution in [1.82, 2.24) is 0 Å². The Bertz CT molecular complexity index is 64.5. The summed E-state index contributed by atoms with van der Waals surface area (Å²) in [5, 5.41) is 0. The first-order chi connectivity index (χ1) is 3.27. The van der Waals surface area contributed by atoms with Gasteiger partial charge in [-0.15, -0.1) is 0 Å². The molecule has 0 aliphatic carbocycles. The highest BCUT2D eigenvalue weighted by atomic mass is 79.9. The van der Waals surface area contributed by atoms with Crippen LogP contribution in [0.1, 0.15) is 19.8 Å². The van der Waals surface area contributed by atoms with Gasteiger partial charge in [-0.05, 0) is 22.4 Å². The fourth-order valence-corrected chi connectivity index (χ4v) is 0.591. The monoisotopic (exact) mass is 182 g/mol. The van der Waals surface area contributed by atoms with Crippen LogP contribution in [0.5, 0.6) is 0 Å². The molecule has 0 heterocycles. The maximum absolute atomic E-state index is 5.43. The highest BCUT2D eigenvalue weighted by Crippen LogP contribution is 2.10. The fourth-order valence-electron chi connectivity index (χ4n) is 0.253. The summed E-state index contributed by atoms with van der Waals surface area (Å²) < 4.78 is 0.717. The van der Waals surface area contributed by atoms with E-state index < -0.39 is 0 Å². The second-order valence-corrected chi connectivity index (χ2v) is 3.00. The molecule has 0 fully saturated rings. The Labute approximate surface area is 57.7 Å². The summed E-state index contributed by atoms with van der Waals surface area (Å²) in [5.74, 6) is 0. The molecular formula is C5H8BrCl. The molecule has 42 valence electrons. The van der Waals surface area contributed by atoms with Crippen molar-refractivity contribution in [1.29, 1.82) is 0 Å². The molecule has 0 bridgehead atoms. The van der Waals surface area contributed by atoms with E-state index in [1.165, 1.54) is 0 Å². The van der Waals surface area contributed by atoms with Gasteiger partial charge in [-0.2, -0.15) is 0 Å². The summed E-state index contributed by atoms with van der Waals surface area (Å²) in [4.78, 5) is 0. The number of halogens is 2. The molecule has 0 aliphatic heterocycles. The first kappa shape index (κ1) is 7.51. The van der Waals surface area contributed by atoms with Crippen molar-refractivity contribution in [3.05, 3.63) is 10.0 Å². The Morgan fingerprint density at radius 3 is 2.57 bits per heavy atom. The standard InChI is InChI=1S/C5H8BrCl/c1-2-3-4-5(6)7/h4H,2-3H2,1H3/b5-4+. The van der Waals surface area contributed by atoms with E-state index in [2.05, 4.69) is 22.9 Å². The predicted molar refractivity (Wildman–Crippen MR) is 37.8 cm³/mol. The van der Waals surface area contributed by atoms with Gasteiger partial charge in [0, 0.05) is 0 Å². The van der Waals surface area contributed by atoms with Gasteiger partial charge in [0.2, 0.25) is 0 Å². The van der Waals surface area contributed by atoms with Crippen LogP contribution in [0.3, 0.4) is 0 Å². The van der Waals surface area contributed by atoms with E-state index in [9.17, 15) is 0 Å². The Hall–Kier alpha value is 0.510. The molecule has 0 aromatic heterocycles. The largest absolute Gasteiger partial charge is 0.0794 e. The Kier molecular flexibility index (Phi) is 5.00. The van der Waals surface area contributed by atoms with E-state index in [1.54, 1.807) is 0 Å². The highest BCUT2D eigenvalue weighted by Gasteiger charge is 1.77. The van der Waals surface area contributed by atoms with Crippen LogP contribution in [-0.4, -0.2) is 0 Å². The molecule has 0 unspecified atom stereocenters. The summed E-state index contributed by atoms with van der Waals surface area (Å²) in [6.07, 6.45) is 4.16. The summed E-state index contributed by atoms with van der Waals surface area (Å²) in [6.45, 7) is 2.11. The van der Waals surface area contributed by atoms with Crippen LogP contribution >= 0.6 is 27.5 Å². The molecule has 0 amide bonds. The summed E-state index contributed by atoms with van der Waals surface area (Å²) in [7, 11) is 0. The Balaban J connectivity index is 3.08. The molecule has 2 heteroatoms. The average molecular weight is 183 g/mol. The van der Waals surface area contributed by atoms with E-state index in [0.29, 0.717) is 3.94 Å². The predicted octanol–water partition coefficient (Wildman–Crippen LogP) is 3.26. The van der Waals surface area contributed by atoms with E-state index in [-0.39, 0.29) is 0 Å². The summed E-state index contributed by atoms with van der Waals surface area (Å²) in [5.41, 5.74) is 0. The summed E-state index contributed by atoms with van der Waals surface area (Å²) >= 11 is 8.54. The molecule has 0 N–H and O–H groups in total. The van der Waals surface area contributed by atoms with Gasteiger partial charge in [0.1, 0.15) is 0 Å². The van der Waals surface area contributed by atoms with E-state index >= 15 is 0 Å². The fraction of sp³-hybridized carbons (Fsp3) is 0.600. The van der Waals surface area contributed by atoms with Crippen LogP contribution in [0, 0.1) is 0 Å². The van der Waals surface area contributed by atoms with Crippen molar-refractivity contribution in [2.75, 3.05) is 0 Å². The third-order valence-electron chi connectivity index (χ3n) is 0.587. The molecule has 0 atom stereocenters. The average Bonchev–Trinajstić information content (AvgIpc) is 1.61. The Morgan fingerprint density at radius 1 is 1.86 bits per heavy atom. The molecule has 0 aromatic rings. The normalized spacial score (nSPS) is 12.1. The molecule has 7 heavy (non-hydrogen) atoms. The van der Waals surface area contributed by atoms with Gasteiger partial charge in [-0.1, -0.05) is 31.0 Å². The number of hydrogen-bond donors (Lipinski definition) is 0. The van der Waals surface area contributed by atoms with Crippen LogP contribution in [0.25, 0.3) is 0 Å². The van der Waals surface area contributed by atoms with Gasteiger partial charge in [-0.25, -0.2) is 0 Å². The van der Waals surface area contributed by atoms with E-state index in [1.807, 2.05) is 6.08 Å². The molecule has 0 saturated carbocycles. The van der Waals surface area contributed by atoms with Gasteiger partial charge < -0.3 is 0 Å². The molecule has 0 saturated heterocycles. The zero-order chi connectivity index (χ0) is 5.70. The highest BCUT2D eigenvalue weighted by molar-refractivity contribution is 9.12. The first-order valence-electron chi connectivity index (χ1n) is 2.28. The SMILES string of the molecule is CCC/C=C(/Cl)Br. The third-order valence-corrected chi connectivity index (χ3v) is 1.07. The van der Waals surface area contributed by atoms with Gasteiger partial charge in [0.25, 0.3) is 0 Å². The topological polar surface area (TPSA) is 0 Å². The lowest BCUT2D eigenvalue weighted by Crippen LogP contribution is -1.58. The first-order valence-corrected chi connectivity index (χ1v) is 3.45. The number of allylic oxidation sites excluding steroid dienone is 1. The maximum Gasteiger partial charge on any atom is 0.0794 e. The number of hydrogen-bond acceptors (Lipinski definition) is 0. The van der Waals surface area contributed by atoms with Crippen LogP contribution in [-0.2, 0) is 0 Å². The quantitative estimate of drug-likeness (QED) is 0.616. The minimum Gasteiger partial charge on any atom is -0.0765 e. The van der Waals surface area contributed by atoms with Crippen molar-refractivity contribution in [2.24, 2.45) is 0 Å². The second kappa shape index (κ2) is 4.66. The van der Waals surface area contributed by atoms with Crippen LogP contribution in [0.15, 0.2) is 10.0 Å². The second-order valence-electron chi connectivity index (χ2n) is 1.28. The van der Waals surface area contributed by atoms with Gasteiger partial charge in [-0.3, -0.25) is 0 Å². The minimum atomic E-state index is 0.717. The maximum atomic E-state index is 5.43. The lowest BCUT2D eigenvalue weighted by atomic mass is 10.3. The van der Waals surface area contributed by atoms with Crippen molar-refractivity contribution in [3.63, 3.8) is 0 Å². The van der Waals surface area contributed by atoms with Gasteiger partial charge in [0.05, 0.1) is 3.94 Å². The molecule has 0 nitrogen and oxygen atoms in total. The molecule has 0 aliphatic rings. The minimum absolute atomic E-state index is 0.717. The lowest BCUT2D eigenvalue weighted by molar-refractivity contribution is 0.959. The van der Waals surface area contributed by atoms with Crippen molar-refractivity contribution in [2.45, 2.75) is 19.8 Å². The third kappa shape index (κ3) is 6.51. The molecule has 0 aromatic carbocycles. The number of unbranched alkanes of at least 4 members (excludes halogenated alkanes) is 1.